The topological polar surface area (TPSA) is 28.4 Å². The summed E-state index contributed by atoms with van der Waals surface area (Å²) in [6.45, 7) is 4.84. The Balaban J connectivity index is 1.83. The largest absolute Gasteiger partial charge is 0.469 e. The summed E-state index contributed by atoms with van der Waals surface area (Å²) in [5, 5.41) is 3.81. The van der Waals surface area contributed by atoms with Crippen molar-refractivity contribution in [3.63, 3.8) is 0 Å². The van der Waals surface area contributed by atoms with Crippen LogP contribution < -0.4 is 5.32 Å². The molecule has 1 atom stereocenters. The molecule has 0 aliphatic carbocycles. The number of fused-ring (bicyclic) bond motifs is 3. The summed E-state index contributed by atoms with van der Waals surface area (Å²) in [6, 6.07) is 2.20. The molecule has 2 bridgehead atoms. The molecule has 4 aliphatic rings. The Morgan fingerprint density at radius 2 is 2.25 bits per heavy atom. The Hall–Kier alpha value is -0.800. The minimum absolute atomic E-state index is 0.219. The third-order valence-electron chi connectivity index (χ3n) is 4.78. The van der Waals surface area contributed by atoms with E-state index in [1.54, 1.807) is 0 Å². The molecular weight excluding hydrogens is 200 g/mol. The van der Waals surface area contributed by atoms with Gasteiger partial charge in [0.05, 0.1) is 11.8 Å². The van der Waals surface area contributed by atoms with Crippen LogP contribution in [0.15, 0.2) is 16.7 Å². The fourth-order valence-electron chi connectivity index (χ4n) is 4.00. The van der Waals surface area contributed by atoms with Gasteiger partial charge in [-0.3, -0.25) is 0 Å². The van der Waals surface area contributed by atoms with Gasteiger partial charge in [0.15, 0.2) is 0 Å². The molecule has 0 amide bonds. The summed E-state index contributed by atoms with van der Waals surface area (Å²) in [4.78, 5) is 2.61. The van der Waals surface area contributed by atoms with E-state index in [2.05, 4.69) is 16.3 Å². The monoisotopic (exact) mass is 218 g/mol. The Labute approximate surface area is 95.8 Å². The SMILES string of the molecule is c1cc2c(o1)CCNC21CN2CCC1CC2. The average Bonchev–Trinajstić information content (AvgIpc) is 2.80. The van der Waals surface area contributed by atoms with E-state index in [0.717, 1.165) is 18.9 Å². The summed E-state index contributed by atoms with van der Waals surface area (Å²) in [5.41, 5.74) is 1.67. The van der Waals surface area contributed by atoms with Crippen LogP contribution in [0.4, 0.5) is 0 Å². The number of rotatable bonds is 0. The van der Waals surface area contributed by atoms with E-state index in [9.17, 15) is 0 Å². The quantitative estimate of drug-likeness (QED) is 0.712. The first-order valence-electron chi connectivity index (χ1n) is 6.43. The molecular formula is C13H18N2O. The molecule has 1 N–H and O–H groups in total. The second kappa shape index (κ2) is 3.11. The molecule has 3 fully saturated rings. The lowest BCUT2D eigenvalue weighted by Gasteiger charge is -2.55. The van der Waals surface area contributed by atoms with Gasteiger partial charge in [0, 0.05) is 25.1 Å². The molecule has 16 heavy (non-hydrogen) atoms. The molecule has 1 unspecified atom stereocenters. The van der Waals surface area contributed by atoms with Gasteiger partial charge in [0.1, 0.15) is 5.76 Å². The maximum absolute atomic E-state index is 5.63. The van der Waals surface area contributed by atoms with Crippen LogP contribution in [0.25, 0.3) is 0 Å². The van der Waals surface area contributed by atoms with Crippen molar-refractivity contribution in [1.29, 1.82) is 0 Å². The molecule has 0 radical (unpaired) electrons. The van der Waals surface area contributed by atoms with Gasteiger partial charge < -0.3 is 14.6 Å². The third kappa shape index (κ3) is 1.05. The van der Waals surface area contributed by atoms with Crippen molar-refractivity contribution < 1.29 is 4.42 Å². The summed E-state index contributed by atoms with van der Waals surface area (Å²) < 4.78 is 5.63. The lowest BCUT2D eigenvalue weighted by molar-refractivity contribution is -0.00155. The van der Waals surface area contributed by atoms with Gasteiger partial charge >= 0.3 is 0 Å². The smallest absolute Gasteiger partial charge is 0.110 e. The highest BCUT2D eigenvalue weighted by molar-refractivity contribution is 5.33. The first-order chi connectivity index (χ1) is 7.88. The second-order valence-corrected chi connectivity index (χ2v) is 5.46. The predicted octanol–water partition coefficient (Wildman–Crippen LogP) is 1.35. The first kappa shape index (κ1) is 9.25. The van der Waals surface area contributed by atoms with Crippen molar-refractivity contribution in [1.82, 2.24) is 10.2 Å². The van der Waals surface area contributed by atoms with Gasteiger partial charge in [-0.05, 0) is 37.9 Å². The first-order valence-corrected chi connectivity index (χ1v) is 6.43. The highest BCUT2D eigenvalue weighted by Crippen LogP contribution is 2.45. The molecule has 1 spiro atoms. The zero-order valence-corrected chi connectivity index (χ0v) is 9.54. The molecule has 0 saturated carbocycles. The van der Waals surface area contributed by atoms with Crippen molar-refractivity contribution in [3.05, 3.63) is 23.7 Å². The predicted molar refractivity (Wildman–Crippen MR) is 61.3 cm³/mol. The Bertz CT molecular complexity index is 406. The van der Waals surface area contributed by atoms with E-state index >= 15 is 0 Å². The van der Waals surface area contributed by atoms with E-state index in [1.807, 2.05) is 6.26 Å². The molecule has 3 saturated heterocycles. The number of nitrogens with zero attached hydrogens (tertiary/aromatic N) is 1. The highest BCUT2D eigenvalue weighted by Gasteiger charge is 2.50. The standard InChI is InChI=1S/C13H18N2O/c1-5-14-13(11-4-8-16-12(1)11)9-15-6-2-10(13)3-7-15/h4,8,10,14H,1-3,5-7,9H2. The molecule has 4 aliphatic heterocycles. The zero-order chi connectivity index (χ0) is 10.6. The van der Waals surface area contributed by atoms with Crippen molar-refractivity contribution in [2.75, 3.05) is 26.2 Å². The molecule has 3 nitrogen and oxygen atoms in total. The van der Waals surface area contributed by atoms with E-state index in [4.69, 9.17) is 4.42 Å². The van der Waals surface area contributed by atoms with Crippen LogP contribution in [0.1, 0.15) is 24.2 Å². The van der Waals surface area contributed by atoms with Crippen molar-refractivity contribution in [3.8, 4) is 0 Å². The molecule has 3 heteroatoms. The fraction of sp³-hybridized carbons (Fsp3) is 0.692. The Morgan fingerprint density at radius 3 is 3.00 bits per heavy atom. The van der Waals surface area contributed by atoms with Gasteiger partial charge in [-0.15, -0.1) is 0 Å². The van der Waals surface area contributed by atoms with E-state index in [1.165, 1.54) is 43.8 Å². The van der Waals surface area contributed by atoms with Crippen molar-refractivity contribution in [2.24, 2.45) is 5.92 Å². The van der Waals surface area contributed by atoms with Gasteiger partial charge in [-0.2, -0.15) is 0 Å². The minimum atomic E-state index is 0.219. The summed E-state index contributed by atoms with van der Waals surface area (Å²) >= 11 is 0. The lowest BCUT2D eigenvalue weighted by Crippen LogP contribution is -2.65. The van der Waals surface area contributed by atoms with Crippen LogP contribution in [0.5, 0.6) is 0 Å². The van der Waals surface area contributed by atoms with E-state index in [-0.39, 0.29) is 5.54 Å². The van der Waals surface area contributed by atoms with Gasteiger partial charge in [-0.1, -0.05) is 0 Å². The molecule has 1 aromatic heterocycles. The van der Waals surface area contributed by atoms with Crippen LogP contribution in [0.3, 0.4) is 0 Å². The van der Waals surface area contributed by atoms with E-state index in [0.29, 0.717) is 0 Å². The maximum Gasteiger partial charge on any atom is 0.110 e. The minimum Gasteiger partial charge on any atom is -0.469 e. The summed E-state index contributed by atoms with van der Waals surface area (Å²) in [5.74, 6) is 2.04. The summed E-state index contributed by atoms with van der Waals surface area (Å²) in [7, 11) is 0. The second-order valence-electron chi connectivity index (χ2n) is 5.46. The van der Waals surface area contributed by atoms with Crippen molar-refractivity contribution in [2.45, 2.75) is 24.8 Å². The normalized spacial score (nSPS) is 41.2. The Morgan fingerprint density at radius 1 is 1.38 bits per heavy atom. The van der Waals surface area contributed by atoms with Crippen LogP contribution in [0, 0.1) is 5.92 Å². The number of furan rings is 1. The molecule has 5 heterocycles. The van der Waals surface area contributed by atoms with Gasteiger partial charge in [0.25, 0.3) is 0 Å². The zero-order valence-electron chi connectivity index (χ0n) is 9.54. The lowest BCUT2D eigenvalue weighted by atomic mass is 9.67. The number of hydrogen-bond donors (Lipinski definition) is 1. The summed E-state index contributed by atoms with van der Waals surface area (Å²) in [6.07, 6.45) is 5.61. The number of piperidine rings is 3. The molecule has 86 valence electrons. The highest BCUT2D eigenvalue weighted by atomic mass is 16.3. The van der Waals surface area contributed by atoms with Gasteiger partial charge in [-0.25, -0.2) is 0 Å². The molecule has 0 aromatic carbocycles. The van der Waals surface area contributed by atoms with Crippen LogP contribution >= 0.6 is 0 Å². The Kier molecular flexibility index (Phi) is 1.80. The fourth-order valence-corrected chi connectivity index (χ4v) is 4.00. The van der Waals surface area contributed by atoms with E-state index < -0.39 is 0 Å². The molecule has 1 aromatic rings. The average molecular weight is 218 g/mol. The number of hydrogen-bond acceptors (Lipinski definition) is 3. The van der Waals surface area contributed by atoms with Crippen LogP contribution in [-0.2, 0) is 12.0 Å². The van der Waals surface area contributed by atoms with Crippen LogP contribution in [0.2, 0.25) is 0 Å². The number of nitrogens with one attached hydrogen (secondary N) is 1. The maximum atomic E-state index is 5.63. The van der Waals surface area contributed by atoms with Crippen molar-refractivity contribution >= 4 is 0 Å². The van der Waals surface area contributed by atoms with Crippen LogP contribution in [-0.4, -0.2) is 31.1 Å². The van der Waals surface area contributed by atoms with Gasteiger partial charge in [0.2, 0.25) is 0 Å². The third-order valence-corrected chi connectivity index (χ3v) is 4.78. The molecule has 5 rings (SSSR count).